The van der Waals surface area contributed by atoms with Crippen molar-refractivity contribution in [2.24, 2.45) is 5.92 Å². The fraction of sp³-hybridized carbons (Fsp3) is 0.211. The summed E-state index contributed by atoms with van der Waals surface area (Å²) in [5.74, 6) is 1.30. The van der Waals surface area contributed by atoms with E-state index in [1.165, 1.54) is 0 Å². The van der Waals surface area contributed by atoms with E-state index in [2.05, 4.69) is 21.5 Å². The third kappa shape index (κ3) is 2.63. The first kappa shape index (κ1) is 16.0. The van der Waals surface area contributed by atoms with Gasteiger partial charge in [-0.25, -0.2) is 15.0 Å². The molecule has 130 valence electrons. The number of benzene rings is 1. The van der Waals surface area contributed by atoms with Crippen LogP contribution < -0.4 is 0 Å². The highest BCUT2D eigenvalue weighted by Crippen LogP contribution is 2.40. The molecule has 0 aliphatic heterocycles. The summed E-state index contributed by atoms with van der Waals surface area (Å²) in [6.45, 7) is 2.13. The van der Waals surface area contributed by atoms with Crippen molar-refractivity contribution in [3.8, 4) is 16.5 Å². The Balaban J connectivity index is 1.72. The van der Waals surface area contributed by atoms with Crippen LogP contribution in [-0.4, -0.2) is 29.3 Å². The van der Waals surface area contributed by atoms with Crippen molar-refractivity contribution in [1.82, 2.24) is 19.5 Å². The van der Waals surface area contributed by atoms with Gasteiger partial charge in [0.15, 0.2) is 10.8 Å². The molecule has 0 spiro atoms. The molecule has 1 aliphatic rings. The van der Waals surface area contributed by atoms with Gasteiger partial charge in [0.25, 0.3) is 0 Å². The van der Waals surface area contributed by atoms with Crippen LogP contribution in [0.1, 0.15) is 13.3 Å². The topological polar surface area (TPSA) is 66.7 Å². The van der Waals surface area contributed by atoms with Gasteiger partial charge < -0.3 is 4.55 Å². The summed E-state index contributed by atoms with van der Waals surface area (Å²) in [5, 5.41) is 3.65. The molecule has 0 radical (unpaired) electrons. The maximum atomic E-state index is 12.8. The van der Waals surface area contributed by atoms with Crippen LogP contribution in [0.15, 0.2) is 59.2 Å². The van der Waals surface area contributed by atoms with E-state index in [0.717, 1.165) is 34.0 Å². The Hall–Kier alpha value is -2.22. The van der Waals surface area contributed by atoms with Gasteiger partial charge in [0.2, 0.25) is 5.03 Å². The summed E-state index contributed by atoms with van der Waals surface area (Å²) in [5.41, 5.74) is 2.69. The number of fused-ring (bicyclic) bond motifs is 1. The molecule has 3 aromatic heterocycles. The van der Waals surface area contributed by atoms with Crippen molar-refractivity contribution >= 4 is 33.5 Å². The van der Waals surface area contributed by atoms with Crippen molar-refractivity contribution in [2.45, 2.75) is 23.6 Å². The van der Waals surface area contributed by atoms with E-state index in [9.17, 15) is 4.55 Å². The van der Waals surface area contributed by atoms with Crippen LogP contribution in [-0.2, 0) is 11.2 Å². The first-order valence-corrected chi connectivity index (χ1v) is 10.6. The number of hydrogen-bond donors (Lipinski definition) is 0. The van der Waals surface area contributed by atoms with Crippen LogP contribution in [0, 0.1) is 5.92 Å². The van der Waals surface area contributed by atoms with E-state index < -0.39 is 11.2 Å². The largest absolute Gasteiger partial charge is 0.610 e. The lowest BCUT2D eigenvalue weighted by Crippen LogP contribution is -2.11. The zero-order chi connectivity index (χ0) is 17.7. The molecule has 26 heavy (non-hydrogen) atoms. The van der Waals surface area contributed by atoms with Crippen molar-refractivity contribution in [3.63, 3.8) is 0 Å². The molecule has 0 saturated heterocycles. The Morgan fingerprint density at radius 2 is 2.04 bits per heavy atom. The van der Waals surface area contributed by atoms with Crippen molar-refractivity contribution in [3.05, 3.63) is 54.2 Å². The number of rotatable bonds is 4. The van der Waals surface area contributed by atoms with E-state index >= 15 is 0 Å². The van der Waals surface area contributed by atoms with Gasteiger partial charge in [0.05, 0.1) is 11.7 Å². The number of thiazole rings is 1. The lowest BCUT2D eigenvalue weighted by atomic mass is 10.3. The van der Waals surface area contributed by atoms with Gasteiger partial charge in [-0.3, -0.25) is 4.57 Å². The molecule has 1 aromatic carbocycles. The molecule has 1 saturated carbocycles. The van der Waals surface area contributed by atoms with E-state index in [-0.39, 0.29) is 5.25 Å². The molecule has 0 amide bonds. The van der Waals surface area contributed by atoms with Gasteiger partial charge in [-0.05, 0) is 12.1 Å². The molecule has 3 unspecified atom stereocenters. The molecule has 3 atom stereocenters. The van der Waals surface area contributed by atoms with E-state index in [4.69, 9.17) is 4.98 Å². The van der Waals surface area contributed by atoms with Gasteiger partial charge in [-0.1, -0.05) is 25.1 Å². The third-order valence-corrected chi connectivity index (χ3v) is 7.28. The average Bonchev–Trinajstić information content (AvgIpc) is 3.08. The number of aromatic nitrogens is 4. The number of hydrogen-bond acceptors (Lipinski definition) is 5. The second-order valence-corrected chi connectivity index (χ2v) is 9.02. The summed E-state index contributed by atoms with van der Waals surface area (Å²) >= 11 is 0.483. The quantitative estimate of drug-likeness (QED) is 0.501. The first-order valence-electron chi connectivity index (χ1n) is 8.47. The molecule has 1 aliphatic carbocycles. The van der Waals surface area contributed by atoms with Crippen LogP contribution >= 0.6 is 11.3 Å². The van der Waals surface area contributed by atoms with Gasteiger partial charge in [-0.15, -0.1) is 11.3 Å². The third-order valence-electron chi connectivity index (χ3n) is 4.67. The fourth-order valence-electron chi connectivity index (χ4n) is 3.13. The molecule has 1 fully saturated rings. The molecular formula is C19H16N4OS2. The second-order valence-electron chi connectivity index (χ2n) is 6.50. The van der Waals surface area contributed by atoms with Crippen LogP contribution in [0.25, 0.3) is 27.6 Å². The monoisotopic (exact) mass is 380 g/mol. The Morgan fingerprint density at radius 3 is 2.73 bits per heavy atom. The summed E-state index contributed by atoms with van der Waals surface area (Å²) in [4.78, 5) is 13.6. The minimum atomic E-state index is -1.07. The molecule has 5 nitrogen and oxygen atoms in total. The molecule has 3 heterocycles. The Morgan fingerprint density at radius 1 is 1.23 bits per heavy atom. The number of imidazole rings is 1. The standard InChI is InChI=1S/C19H16N4OS2/c1-12-9-16(12)26(24)17-10-15-14(11-21-17)22-18(19-20-7-8-25-19)23(15)13-5-3-2-4-6-13/h2-8,10-12,16H,9H2,1H3. The Kier molecular flexibility index (Phi) is 3.81. The molecule has 0 bridgehead atoms. The lowest BCUT2D eigenvalue weighted by Gasteiger charge is -2.10. The summed E-state index contributed by atoms with van der Waals surface area (Å²) in [6, 6.07) is 12.0. The number of nitrogens with zero attached hydrogens (tertiary/aromatic N) is 4. The normalized spacial score (nSPS) is 20.4. The minimum absolute atomic E-state index is 0.228. The van der Waals surface area contributed by atoms with Crippen LogP contribution in [0.4, 0.5) is 0 Å². The maximum Gasteiger partial charge on any atom is 0.246 e. The molecule has 0 N–H and O–H groups in total. The second kappa shape index (κ2) is 6.19. The fourth-order valence-corrected chi connectivity index (χ4v) is 5.34. The molecule has 5 rings (SSSR count). The molecule has 7 heteroatoms. The van der Waals surface area contributed by atoms with Crippen LogP contribution in [0.3, 0.4) is 0 Å². The van der Waals surface area contributed by atoms with E-state index in [1.54, 1.807) is 23.7 Å². The highest BCUT2D eigenvalue weighted by atomic mass is 32.2. The number of pyridine rings is 1. The smallest absolute Gasteiger partial charge is 0.246 e. The lowest BCUT2D eigenvalue weighted by molar-refractivity contribution is 0.588. The van der Waals surface area contributed by atoms with Crippen LogP contribution in [0.2, 0.25) is 0 Å². The SMILES string of the molecule is CC1CC1[S+]([O-])c1cc2c(cn1)nc(-c1nccs1)n2-c1ccccc1. The highest BCUT2D eigenvalue weighted by molar-refractivity contribution is 7.92. The highest BCUT2D eigenvalue weighted by Gasteiger charge is 2.45. The summed E-state index contributed by atoms with van der Waals surface area (Å²) in [6.07, 6.45) is 4.52. The maximum absolute atomic E-state index is 12.8. The number of para-hydroxylation sites is 1. The molecular weight excluding hydrogens is 364 g/mol. The average molecular weight is 380 g/mol. The zero-order valence-electron chi connectivity index (χ0n) is 14.1. The minimum Gasteiger partial charge on any atom is -0.610 e. The first-order chi connectivity index (χ1) is 12.7. The zero-order valence-corrected chi connectivity index (χ0v) is 15.7. The van der Waals surface area contributed by atoms with Crippen molar-refractivity contribution in [2.75, 3.05) is 0 Å². The predicted molar refractivity (Wildman–Crippen MR) is 104 cm³/mol. The van der Waals surface area contributed by atoms with Gasteiger partial charge in [0.1, 0.15) is 10.8 Å². The summed E-state index contributed by atoms with van der Waals surface area (Å²) in [7, 11) is 0. The Labute approximate surface area is 157 Å². The van der Waals surface area contributed by atoms with Gasteiger partial charge >= 0.3 is 0 Å². The van der Waals surface area contributed by atoms with Crippen LogP contribution in [0.5, 0.6) is 0 Å². The molecule has 4 aromatic rings. The van der Waals surface area contributed by atoms with Crippen molar-refractivity contribution in [1.29, 1.82) is 0 Å². The van der Waals surface area contributed by atoms with Gasteiger partial charge in [-0.2, -0.15) is 0 Å². The van der Waals surface area contributed by atoms with Crippen molar-refractivity contribution < 1.29 is 4.55 Å². The Bertz CT molecular complexity index is 1060. The predicted octanol–water partition coefficient (Wildman–Crippen LogP) is 4.06. The summed E-state index contributed by atoms with van der Waals surface area (Å²) < 4.78 is 14.8. The van der Waals surface area contributed by atoms with E-state index in [0.29, 0.717) is 10.9 Å². The van der Waals surface area contributed by atoms with Gasteiger partial charge in [0, 0.05) is 46.8 Å². The van der Waals surface area contributed by atoms with E-state index in [1.807, 2.05) is 41.8 Å².